The maximum atomic E-state index is 11.8. The Balaban J connectivity index is 2.27. The summed E-state index contributed by atoms with van der Waals surface area (Å²) < 4.78 is 25.1. The van der Waals surface area contributed by atoms with Crippen LogP contribution in [0.5, 0.6) is 0 Å². The number of rotatable bonds is 4. The SMILES string of the molecule is CCS(=O)(=O)CCn1c(C)cc2c1CCCC2=O. The van der Waals surface area contributed by atoms with Gasteiger partial charge in [-0.05, 0) is 25.8 Å². The molecule has 0 atom stereocenters. The van der Waals surface area contributed by atoms with E-state index in [9.17, 15) is 13.2 Å². The van der Waals surface area contributed by atoms with Crippen molar-refractivity contribution in [1.82, 2.24) is 4.57 Å². The van der Waals surface area contributed by atoms with Crippen LogP contribution in [0.3, 0.4) is 0 Å². The molecule has 0 amide bonds. The Labute approximate surface area is 108 Å². The number of Topliss-reactive ketones (excluding diaryl/α,β-unsaturated/α-hetero) is 1. The van der Waals surface area contributed by atoms with Crippen LogP contribution in [0.1, 0.15) is 41.5 Å². The largest absolute Gasteiger partial charge is 0.347 e. The van der Waals surface area contributed by atoms with Crippen molar-refractivity contribution in [2.75, 3.05) is 11.5 Å². The molecule has 1 aromatic heterocycles. The van der Waals surface area contributed by atoms with Crippen LogP contribution in [0, 0.1) is 6.92 Å². The van der Waals surface area contributed by atoms with Crippen molar-refractivity contribution in [3.63, 3.8) is 0 Å². The molecule has 0 aliphatic heterocycles. The van der Waals surface area contributed by atoms with Gasteiger partial charge >= 0.3 is 0 Å². The lowest BCUT2D eigenvalue weighted by Crippen LogP contribution is -2.19. The highest BCUT2D eigenvalue weighted by Crippen LogP contribution is 2.25. The molecular weight excluding hydrogens is 250 g/mol. The van der Waals surface area contributed by atoms with Gasteiger partial charge in [0.05, 0.1) is 5.75 Å². The standard InChI is InChI=1S/C13H19NO3S/c1-3-18(16,17)8-7-14-10(2)9-11-12(14)5-4-6-13(11)15/h9H,3-8H2,1-2H3. The fraction of sp³-hybridized carbons (Fsp3) is 0.615. The minimum absolute atomic E-state index is 0.152. The summed E-state index contributed by atoms with van der Waals surface area (Å²) in [6.07, 6.45) is 2.36. The van der Waals surface area contributed by atoms with Crippen LogP contribution in [0.15, 0.2) is 6.07 Å². The number of carbonyl (C=O) groups is 1. The van der Waals surface area contributed by atoms with Gasteiger partial charge < -0.3 is 4.57 Å². The highest BCUT2D eigenvalue weighted by molar-refractivity contribution is 7.91. The first-order valence-electron chi connectivity index (χ1n) is 6.37. The number of sulfone groups is 1. The van der Waals surface area contributed by atoms with Crippen molar-refractivity contribution in [2.24, 2.45) is 0 Å². The van der Waals surface area contributed by atoms with Gasteiger partial charge in [-0.25, -0.2) is 8.42 Å². The van der Waals surface area contributed by atoms with E-state index in [1.54, 1.807) is 6.92 Å². The van der Waals surface area contributed by atoms with Crippen molar-refractivity contribution in [1.29, 1.82) is 0 Å². The molecule has 0 spiro atoms. The van der Waals surface area contributed by atoms with Crippen molar-refractivity contribution in [2.45, 2.75) is 39.7 Å². The zero-order valence-corrected chi connectivity index (χ0v) is 11.7. The number of aromatic nitrogens is 1. The molecule has 1 heterocycles. The number of hydrogen-bond acceptors (Lipinski definition) is 3. The Morgan fingerprint density at radius 2 is 2.06 bits per heavy atom. The van der Waals surface area contributed by atoms with E-state index >= 15 is 0 Å². The van der Waals surface area contributed by atoms with Crippen molar-refractivity contribution in [3.05, 3.63) is 23.0 Å². The third kappa shape index (κ3) is 2.51. The average Bonchev–Trinajstić information content (AvgIpc) is 2.65. The van der Waals surface area contributed by atoms with Gasteiger partial charge in [-0.1, -0.05) is 6.92 Å². The third-order valence-corrected chi connectivity index (χ3v) is 5.28. The minimum atomic E-state index is -2.96. The highest BCUT2D eigenvalue weighted by atomic mass is 32.2. The fourth-order valence-electron chi connectivity index (χ4n) is 2.48. The van der Waals surface area contributed by atoms with Gasteiger partial charge in [0, 0.05) is 35.7 Å². The monoisotopic (exact) mass is 269 g/mol. The maximum Gasteiger partial charge on any atom is 0.164 e. The predicted molar refractivity (Wildman–Crippen MR) is 70.8 cm³/mol. The second-order valence-electron chi connectivity index (χ2n) is 4.81. The van der Waals surface area contributed by atoms with Crippen LogP contribution >= 0.6 is 0 Å². The summed E-state index contributed by atoms with van der Waals surface area (Å²) in [5.41, 5.74) is 2.81. The van der Waals surface area contributed by atoms with Gasteiger partial charge in [-0.15, -0.1) is 0 Å². The first-order valence-corrected chi connectivity index (χ1v) is 8.19. The summed E-state index contributed by atoms with van der Waals surface area (Å²) in [6, 6.07) is 1.90. The Morgan fingerprint density at radius 1 is 1.33 bits per heavy atom. The summed E-state index contributed by atoms with van der Waals surface area (Å²) in [5.74, 6) is 0.519. The van der Waals surface area contributed by atoms with Crippen LogP contribution in [-0.4, -0.2) is 30.3 Å². The Hall–Kier alpha value is -1.10. The third-order valence-electron chi connectivity index (χ3n) is 3.60. The molecule has 0 bridgehead atoms. The second kappa shape index (κ2) is 4.88. The zero-order chi connectivity index (χ0) is 13.3. The molecule has 0 aromatic carbocycles. The molecule has 18 heavy (non-hydrogen) atoms. The van der Waals surface area contributed by atoms with Crippen LogP contribution in [0.2, 0.25) is 0 Å². The Kier molecular flexibility index (Phi) is 3.61. The van der Waals surface area contributed by atoms with Crippen LogP contribution in [0.25, 0.3) is 0 Å². The number of aryl methyl sites for hydroxylation is 1. The van der Waals surface area contributed by atoms with Crippen molar-refractivity contribution in [3.8, 4) is 0 Å². The summed E-state index contributed by atoms with van der Waals surface area (Å²) in [4.78, 5) is 11.8. The number of ketones is 1. The zero-order valence-electron chi connectivity index (χ0n) is 10.9. The topological polar surface area (TPSA) is 56.1 Å². The highest BCUT2D eigenvalue weighted by Gasteiger charge is 2.23. The lowest BCUT2D eigenvalue weighted by molar-refractivity contribution is 0.0972. The number of hydrogen-bond donors (Lipinski definition) is 0. The van der Waals surface area contributed by atoms with Gasteiger partial charge in [-0.3, -0.25) is 4.79 Å². The lowest BCUT2D eigenvalue weighted by atomic mass is 9.97. The van der Waals surface area contributed by atoms with E-state index in [4.69, 9.17) is 0 Å². The van der Waals surface area contributed by atoms with E-state index in [1.807, 2.05) is 17.6 Å². The van der Waals surface area contributed by atoms with Crippen LogP contribution < -0.4 is 0 Å². The molecule has 1 aromatic rings. The van der Waals surface area contributed by atoms with E-state index in [0.717, 1.165) is 29.8 Å². The Morgan fingerprint density at radius 3 is 2.72 bits per heavy atom. The lowest BCUT2D eigenvalue weighted by Gasteiger charge is -2.15. The molecule has 100 valence electrons. The molecule has 0 fully saturated rings. The van der Waals surface area contributed by atoms with E-state index in [1.165, 1.54) is 0 Å². The van der Waals surface area contributed by atoms with E-state index in [2.05, 4.69) is 0 Å². The Bertz CT molecular complexity index is 569. The van der Waals surface area contributed by atoms with Crippen molar-refractivity contribution >= 4 is 15.6 Å². The molecule has 0 N–H and O–H groups in total. The fourth-order valence-corrected chi connectivity index (χ4v) is 3.23. The van der Waals surface area contributed by atoms with Gasteiger partial charge in [0.1, 0.15) is 0 Å². The quantitative estimate of drug-likeness (QED) is 0.836. The molecular formula is C13H19NO3S. The molecule has 0 unspecified atom stereocenters. The van der Waals surface area contributed by atoms with Gasteiger partial charge in [-0.2, -0.15) is 0 Å². The van der Waals surface area contributed by atoms with E-state index in [0.29, 0.717) is 13.0 Å². The van der Waals surface area contributed by atoms with Crippen LogP contribution in [0.4, 0.5) is 0 Å². The first-order chi connectivity index (χ1) is 8.44. The summed E-state index contributed by atoms with van der Waals surface area (Å²) in [7, 11) is -2.96. The minimum Gasteiger partial charge on any atom is -0.347 e. The first kappa shape index (κ1) is 13.3. The van der Waals surface area contributed by atoms with Crippen molar-refractivity contribution < 1.29 is 13.2 Å². The molecule has 0 saturated heterocycles. The van der Waals surface area contributed by atoms with Gasteiger partial charge in [0.15, 0.2) is 15.6 Å². The predicted octanol–water partition coefficient (Wildman–Crippen LogP) is 1.75. The molecule has 0 radical (unpaired) electrons. The van der Waals surface area contributed by atoms with E-state index < -0.39 is 9.84 Å². The van der Waals surface area contributed by atoms with Gasteiger partial charge in [0.25, 0.3) is 0 Å². The molecule has 5 heteroatoms. The summed E-state index contributed by atoms with van der Waals surface area (Å²) >= 11 is 0. The molecule has 2 rings (SSSR count). The summed E-state index contributed by atoms with van der Waals surface area (Å²) in [6.45, 7) is 4.06. The number of carbonyl (C=O) groups excluding carboxylic acids is 1. The van der Waals surface area contributed by atoms with Gasteiger partial charge in [0.2, 0.25) is 0 Å². The average molecular weight is 269 g/mol. The maximum absolute atomic E-state index is 11.8. The number of fused-ring (bicyclic) bond motifs is 1. The molecule has 4 nitrogen and oxygen atoms in total. The summed E-state index contributed by atoms with van der Waals surface area (Å²) in [5, 5.41) is 0. The molecule has 1 aliphatic carbocycles. The van der Waals surface area contributed by atoms with E-state index in [-0.39, 0.29) is 17.3 Å². The molecule has 0 saturated carbocycles. The molecule has 1 aliphatic rings. The normalized spacial score (nSPS) is 15.8. The number of nitrogens with zero attached hydrogens (tertiary/aromatic N) is 1. The second-order valence-corrected chi connectivity index (χ2v) is 7.28. The smallest absolute Gasteiger partial charge is 0.164 e. The van der Waals surface area contributed by atoms with Crippen LogP contribution in [-0.2, 0) is 22.8 Å².